The summed E-state index contributed by atoms with van der Waals surface area (Å²) in [6, 6.07) is 0. The van der Waals surface area contributed by atoms with Gasteiger partial charge in [-0.3, -0.25) is 0 Å². The molecule has 0 saturated carbocycles. The highest BCUT2D eigenvalue weighted by atomic mass is 32.2. The summed E-state index contributed by atoms with van der Waals surface area (Å²) >= 11 is 0. The van der Waals surface area contributed by atoms with Crippen LogP contribution in [-0.2, 0) is 10.0 Å². The van der Waals surface area contributed by atoms with Crippen LogP contribution in [0.4, 0.5) is 0 Å². The van der Waals surface area contributed by atoms with Crippen LogP contribution in [0.15, 0.2) is 0 Å². The topological polar surface area (TPSA) is 75.4 Å². The average molecular weight is 249 g/mol. The number of rotatable bonds is 6. The third-order valence-corrected chi connectivity index (χ3v) is 3.90. The molecule has 0 aromatic rings. The van der Waals surface area contributed by atoms with Crippen LogP contribution in [0.2, 0.25) is 0 Å². The first-order chi connectivity index (χ1) is 7.47. The predicted octanol–water partition coefficient (Wildman–Crippen LogP) is -0.404. The van der Waals surface area contributed by atoms with Gasteiger partial charge in [-0.1, -0.05) is 0 Å². The lowest BCUT2D eigenvalue weighted by atomic mass is 9.94. The van der Waals surface area contributed by atoms with E-state index in [0.717, 1.165) is 18.9 Å². The maximum absolute atomic E-state index is 10.7. The van der Waals surface area contributed by atoms with Crippen molar-refractivity contribution in [3.8, 4) is 0 Å². The van der Waals surface area contributed by atoms with Crippen LogP contribution in [0, 0.1) is 5.92 Å². The van der Waals surface area contributed by atoms with Crippen molar-refractivity contribution in [3.63, 3.8) is 0 Å². The van der Waals surface area contributed by atoms with E-state index in [-0.39, 0.29) is 5.75 Å². The molecule has 0 aliphatic carbocycles. The smallest absolute Gasteiger partial charge is 0.210 e. The van der Waals surface area contributed by atoms with Gasteiger partial charge in [0.25, 0.3) is 0 Å². The molecular weight excluding hydrogens is 226 g/mol. The van der Waals surface area contributed by atoms with E-state index in [1.807, 2.05) is 0 Å². The monoisotopic (exact) mass is 249 g/mol. The van der Waals surface area contributed by atoms with Gasteiger partial charge in [-0.05, 0) is 51.9 Å². The molecule has 0 aromatic heterocycles. The Morgan fingerprint density at radius 3 is 2.50 bits per heavy atom. The third kappa shape index (κ3) is 6.42. The molecule has 0 radical (unpaired) electrons. The number of hydrogen-bond donors (Lipinski definition) is 2. The summed E-state index contributed by atoms with van der Waals surface area (Å²) in [6.07, 6.45) is 3.65. The molecule has 0 bridgehead atoms. The van der Waals surface area contributed by atoms with Gasteiger partial charge >= 0.3 is 0 Å². The molecule has 0 amide bonds. The lowest BCUT2D eigenvalue weighted by molar-refractivity contribution is 0.212. The first kappa shape index (κ1) is 13.9. The minimum atomic E-state index is -3.31. The van der Waals surface area contributed by atoms with Gasteiger partial charge in [0, 0.05) is 6.54 Å². The van der Waals surface area contributed by atoms with Crippen molar-refractivity contribution in [2.24, 2.45) is 11.1 Å². The number of nitrogens with two attached hydrogens (primary N) is 1. The van der Waals surface area contributed by atoms with Gasteiger partial charge in [0.1, 0.15) is 0 Å². The molecule has 1 fully saturated rings. The summed E-state index contributed by atoms with van der Waals surface area (Å²) in [5.41, 5.74) is 0. The minimum absolute atomic E-state index is 0.0282. The maximum atomic E-state index is 10.7. The second-order valence-corrected chi connectivity index (χ2v) is 6.39. The molecule has 0 atom stereocenters. The molecule has 1 saturated heterocycles. The van der Waals surface area contributed by atoms with E-state index in [0.29, 0.717) is 6.54 Å². The molecule has 0 aromatic carbocycles. The van der Waals surface area contributed by atoms with Crippen LogP contribution in [-0.4, -0.2) is 52.3 Å². The predicted molar refractivity (Wildman–Crippen MR) is 65.7 cm³/mol. The molecule has 5 nitrogen and oxygen atoms in total. The number of nitrogens with zero attached hydrogens (tertiary/aromatic N) is 1. The summed E-state index contributed by atoms with van der Waals surface area (Å²) in [7, 11) is -1.15. The van der Waals surface area contributed by atoms with E-state index in [1.165, 1.54) is 25.9 Å². The molecule has 1 aliphatic rings. The number of piperidine rings is 1. The van der Waals surface area contributed by atoms with Crippen molar-refractivity contribution < 1.29 is 8.42 Å². The molecule has 6 heteroatoms. The maximum Gasteiger partial charge on any atom is 0.210 e. The van der Waals surface area contributed by atoms with Crippen molar-refractivity contribution in [2.45, 2.75) is 19.3 Å². The fourth-order valence-electron chi connectivity index (χ4n) is 2.00. The minimum Gasteiger partial charge on any atom is -0.316 e. The molecule has 0 unspecified atom stereocenters. The number of likely N-dealkylation sites (tertiary alicyclic amines) is 1. The van der Waals surface area contributed by atoms with Gasteiger partial charge < -0.3 is 10.2 Å². The fraction of sp³-hybridized carbons (Fsp3) is 1.00. The standard InChI is InChI=1S/C10H23N3O2S/c1-13-7-3-10(4-8-13)2-5-12-6-9-16(11,14)15/h10,12H,2-9H2,1H3,(H2,11,14,15). The Morgan fingerprint density at radius 2 is 1.94 bits per heavy atom. The highest BCUT2D eigenvalue weighted by Gasteiger charge is 2.15. The zero-order chi connectivity index (χ0) is 12.0. The molecule has 0 spiro atoms. The number of sulfonamides is 1. The van der Waals surface area contributed by atoms with Crippen LogP contribution in [0.5, 0.6) is 0 Å². The summed E-state index contributed by atoms with van der Waals surface area (Å²) in [6.45, 7) is 3.72. The van der Waals surface area contributed by atoms with Crippen molar-refractivity contribution in [3.05, 3.63) is 0 Å². The first-order valence-electron chi connectivity index (χ1n) is 5.87. The lowest BCUT2D eigenvalue weighted by Crippen LogP contribution is -2.32. The largest absolute Gasteiger partial charge is 0.316 e. The van der Waals surface area contributed by atoms with Gasteiger partial charge in [-0.2, -0.15) is 0 Å². The third-order valence-electron chi connectivity index (χ3n) is 3.13. The summed E-state index contributed by atoms with van der Waals surface area (Å²) in [5.74, 6) is 0.818. The summed E-state index contributed by atoms with van der Waals surface area (Å²) in [5, 5.41) is 8.03. The Bertz CT molecular complexity index is 284. The number of hydrogen-bond acceptors (Lipinski definition) is 4. The van der Waals surface area contributed by atoms with Crippen molar-refractivity contribution in [1.82, 2.24) is 10.2 Å². The Morgan fingerprint density at radius 1 is 1.31 bits per heavy atom. The van der Waals surface area contributed by atoms with Gasteiger partial charge in [-0.15, -0.1) is 0 Å². The summed E-state index contributed by atoms with van der Waals surface area (Å²) < 4.78 is 21.3. The van der Waals surface area contributed by atoms with Crippen LogP contribution in [0.25, 0.3) is 0 Å². The van der Waals surface area contributed by atoms with E-state index in [2.05, 4.69) is 17.3 Å². The quantitative estimate of drug-likeness (QED) is 0.628. The Labute approximate surface area is 98.4 Å². The van der Waals surface area contributed by atoms with E-state index in [9.17, 15) is 8.42 Å². The molecule has 1 heterocycles. The highest BCUT2D eigenvalue weighted by Crippen LogP contribution is 2.18. The second kappa shape index (κ2) is 6.54. The lowest BCUT2D eigenvalue weighted by Gasteiger charge is -2.28. The van der Waals surface area contributed by atoms with Gasteiger partial charge in [-0.25, -0.2) is 13.6 Å². The average Bonchev–Trinajstić information content (AvgIpc) is 2.19. The molecule has 96 valence electrons. The molecular formula is C10H23N3O2S. The normalized spacial score (nSPS) is 20.1. The van der Waals surface area contributed by atoms with E-state index in [1.54, 1.807) is 0 Å². The van der Waals surface area contributed by atoms with Crippen LogP contribution >= 0.6 is 0 Å². The Balaban J connectivity index is 1.99. The Hall–Kier alpha value is -0.170. The first-order valence-corrected chi connectivity index (χ1v) is 7.58. The molecule has 1 aliphatic heterocycles. The van der Waals surface area contributed by atoms with Gasteiger partial charge in [0.2, 0.25) is 10.0 Å². The molecule has 3 N–H and O–H groups in total. The van der Waals surface area contributed by atoms with E-state index in [4.69, 9.17) is 5.14 Å². The van der Waals surface area contributed by atoms with Gasteiger partial charge in [0.05, 0.1) is 5.75 Å². The van der Waals surface area contributed by atoms with E-state index < -0.39 is 10.0 Å². The van der Waals surface area contributed by atoms with Gasteiger partial charge in [0.15, 0.2) is 0 Å². The van der Waals surface area contributed by atoms with Crippen molar-refractivity contribution in [1.29, 1.82) is 0 Å². The zero-order valence-electron chi connectivity index (χ0n) is 9.98. The fourth-order valence-corrected chi connectivity index (χ4v) is 2.43. The van der Waals surface area contributed by atoms with Crippen molar-refractivity contribution in [2.75, 3.05) is 39.0 Å². The Kier molecular flexibility index (Phi) is 5.68. The van der Waals surface area contributed by atoms with Crippen LogP contribution in [0.3, 0.4) is 0 Å². The number of nitrogens with one attached hydrogen (secondary N) is 1. The van der Waals surface area contributed by atoms with Crippen molar-refractivity contribution >= 4 is 10.0 Å². The zero-order valence-corrected chi connectivity index (χ0v) is 10.8. The van der Waals surface area contributed by atoms with E-state index >= 15 is 0 Å². The highest BCUT2D eigenvalue weighted by molar-refractivity contribution is 7.89. The molecule has 16 heavy (non-hydrogen) atoms. The number of primary sulfonamides is 1. The van der Waals surface area contributed by atoms with Crippen LogP contribution in [0.1, 0.15) is 19.3 Å². The second-order valence-electron chi connectivity index (χ2n) is 4.65. The molecule has 1 rings (SSSR count). The SMILES string of the molecule is CN1CCC(CCNCCS(N)(=O)=O)CC1. The summed E-state index contributed by atoms with van der Waals surface area (Å²) in [4.78, 5) is 2.35. The van der Waals surface area contributed by atoms with Crippen LogP contribution < -0.4 is 10.5 Å².